The summed E-state index contributed by atoms with van der Waals surface area (Å²) in [5.74, 6) is 1.42. The maximum Gasteiger partial charge on any atom is 0.141 e. The van der Waals surface area contributed by atoms with Crippen molar-refractivity contribution >= 4 is 5.69 Å². The van der Waals surface area contributed by atoms with Crippen LogP contribution in [0.1, 0.15) is 26.7 Å². The molecule has 3 saturated carbocycles. The van der Waals surface area contributed by atoms with Crippen molar-refractivity contribution in [1.29, 1.82) is 0 Å². The van der Waals surface area contributed by atoms with Gasteiger partial charge < -0.3 is 20.3 Å². The molecule has 4 heteroatoms. The number of aliphatic hydroxyl groups is 2. The van der Waals surface area contributed by atoms with Crippen molar-refractivity contribution in [3.8, 4) is 5.75 Å². The van der Waals surface area contributed by atoms with Crippen molar-refractivity contribution < 1.29 is 14.9 Å². The van der Waals surface area contributed by atoms with E-state index in [-0.39, 0.29) is 11.3 Å². The quantitative estimate of drug-likeness (QED) is 0.796. The monoisotopic (exact) mass is 291 g/mol. The number of hydrogen-bond donors (Lipinski definition) is 3. The van der Waals surface area contributed by atoms with Crippen molar-refractivity contribution in [3.05, 3.63) is 24.3 Å². The third-order valence-corrected chi connectivity index (χ3v) is 5.83. The second kappa shape index (κ2) is 4.89. The van der Waals surface area contributed by atoms with Crippen LogP contribution in [0.5, 0.6) is 5.75 Å². The van der Waals surface area contributed by atoms with E-state index < -0.39 is 11.7 Å². The van der Waals surface area contributed by atoms with E-state index in [9.17, 15) is 10.2 Å². The summed E-state index contributed by atoms with van der Waals surface area (Å²) in [6.45, 7) is 4.74. The second-order valence-electron chi connectivity index (χ2n) is 7.10. The van der Waals surface area contributed by atoms with Crippen LogP contribution in [0.25, 0.3) is 0 Å². The molecule has 3 fully saturated rings. The van der Waals surface area contributed by atoms with Gasteiger partial charge in [0.25, 0.3) is 0 Å². The minimum atomic E-state index is -1.07. The molecule has 0 radical (unpaired) electrons. The van der Waals surface area contributed by atoms with Gasteiger partial charge >= 0.3 is 0 Å². The van der Waals surface area contributed by atoms with Crippen LogP contribution in [0.3, 0.4) is 0 Å². The van der Waals surface area contributed by atoms with Gasteiger partial charge in [0.15, 0.2) is 0 Å². The highest BCUT2D eigenvalue weighted by molar-refractivity contribution is 5.56. The molecule has 4 rings (SSSR count). The average molecular weight is 291 g/mol. The van der Waals surface area contributed by atoms with E-state index in [0.29, 0.717) is 18.9 Å². The summed E-state index contributed by atoms with van der Waals surface area (Å²) in [5, 5.41) is 24.7. The number of ether oxygens (including phenoxy) is 1. The van der Waals surface area contributed by atoms with E-state index in [1.165, 1.54) is 0 Å². The predicted molar refractivity (Wildman–Crippen MR) is 82.4 cm³/mol. The molecule has 0 aliphatic heterocycles. The number of rotatable bonds is 4. The highest BCUT2D eigenvalue weighted by atomic mass is 16.5. The molecule has 0 aromatic heterocycles. The molecule has 0 spiro atoms. The van der Waals surface area contributed by atoms with Crippen LogP contribution in [0, 0.1) is 17.3 Å². The molecule has 21 heavy (non-hydrogen) atoms. The number of benzene rings is 1. The fourth-order valence-electron chi connectivity index (χ4n) is 4.24. The van der Waals surface area contributed by atoms with Gasteiger partial charge in [-0.25, -0.2) is 0 Å². The van der Waals surface area contributed by atoms with Gasteiger partial charge in [-0.1, -0.05) is 26.0 Å². The Labute approximate surface area is 126 Å². The Balaban J connectivity index is 1.77. The number of hydrogen-bond acceptors (Lipinski definition) is 4. The smallest absolute Gasteiger partial charge is 0.141 e. The number of fused-ring (bicyclic) bond motifs is 2. The molecule has 0 unspecified atom stereocenters. The summed E-state index contributed by atoms with van der Waals surface area (Å²) in [6.07, 6.45) is 1.04. The predicted octanol–water partition coefficient (Wildman–Crippen LogP) is 2.27. The van der Waals surface area contributed by atoms with E-state index in [1.54, 1.807) is 7.11 Å². The molecular formula is C17H25NO3. The van der Waals surface area contributed by atoms with Crippen LogP contribution in [0.4, 0.5) is 5.69 Å². The summed E-state index contributed by atoms with van der Waals surface area (Å²) in [6, 6.07) is 7.64. The van der Waals surface area contributed by atoms with E-state index in [1.807, 2.05) is 24.3 Å². The van der Waals surface area contributed by atoms with Gasteiger partial charge in [-0.3, -0.25) is 0 Å². The Morgan fingerprint density at radius 1 is 1.29 bits per heavy atom. The molecule has 3 aliphatic carbocycles. The molecule has 1 aromatic carbocycles. The van der Waals surface area contributed by atoms with Crippen LogP contribution in [0.2, 0.25) is 0 Å². The minimum Gasteiger partial charge on any atom is -0.495 e. The van der Waals surface area contributed by atoms with E-state index in [2.05, 4.69) is 19.2 Å². The Kier molecular flexibility index (Phi) is 3.41. The fourth-order valence-corrected chi connectivity index (χ4v) is 4.24. The van der Waals surface area contributed by atoms with Crippen molar-refractivity contribution in [1.82, 2.24) is 0 Å². The lowest BCUT2D eigenvalue weighted by Crippen LogP contribution is -2.69. The Bertz CT molecular complexity index is 531. The minimum absolute atomic E-state index is 0.108. The molecule has 116 valence electrons. The van der Waals surface area contributed by atoms with E-state index in [0.717, 1.165) is 17.9 Å². The van der Waals surface area contributed by atoms with Crippen molar-refractivity contribution in [2.45, 2.75) is 38.4 Å². The van der Waals surface area contributed by atoms with Gasteiger partial charge in [-0.2, -0.15) is 0 Å². The average Bonchev–Trinajstić information content (AvgIpc) is 2.47. The maximum absolute atomic E-state index is 11.1. The first-order valence-electron chi connectivity index (χ1n) is 7.67. The first kappa shape index (κ1) is 14.7. The third kappa shape index (κ3) is 2.12. The summed E-state index contributed by atoms with van der Waals surface area (Å²) < 4.78 is 5.32. The van der Waals surface area contributed by atoms with Crippen LogP contribution < -0.4 is 10.1 Å². The van der Waals surface area contributed by atoms with Gasteiger partial charge in [0.1, 0.15) is 11.4 Å². The number of aliphatic hydroxyl groups excluding tert-OH is 1. The lowest BCUT2D eigenvalue weighted by Gasteiger charge is -2.65. The van der Waals surface area contributed by atoms with E-state index >= 15 is 0 Å². The fraction of sp³-hybridized carbons (Fsp3) is 0.647. The zero-order valence-corrected chi connectivity index (χ0v) is 13.0. The Morgan fingerprint density at radius 2 is 2.00 bits per heavy atom. The first-order chi connectivity index (χ1) is 9.89. The largest absolute Gasteiger partial charge is 0.495 e. The molecule has 4 atom stereocenters. The van der Waals surface area contributed by atoms with Crippen LogP contribution in [0.15, 0.2) is 24.3 Å². The maximum atomic E-state index is 11.1. The molecule has 3 aliphatic rings. The number of anilines is 1. The highest BCUT2D eigenvalue weighted by Crippen LogP contribution is 2.62. The first-order valence-corrected chi connectivity index (χ1v) is 7.67. The standard InChI is InChI=1S/C17H25NO3/c1-16(2)11-8-14(16)17(20,15(19)9-11)10-18-12-6-4-5-7-13(12)21-3/h4-7,11,14-15,18-20H,8-10H2,1-3H3/t11-,14-,15+,17-/m0/s1. The molecule has 1 aromatic rings. The van der Waals surface area contributed by atoms with Gasteiger partial charge in [0.2, 0.25) is 0 Å². The zero-order valence-electron chi connectivity index (χ0n) is 13.0. The summed E-state index contributed by atoms with van der Waals surface area (Å²) in [4.78, 5) is 0. The van der Waals surface area contributed by atoms with Crippen molar-refractivity contribution in [2.75, 3.05) is 19.0 Å². The van der Waals surface area contributed by atoms with Gasteiger partial charge in [-0.15, -0.1) is 0 Å². The topological polar surface area (TPSA) is 61.7 Å². The Morgan fingerprint density at radius 3 is 2.67 bits per heavy atom. The lowest BCUT2D eigenvalue weighted by molar-refractivity contribution is -0.247. The molecule has 0 heterocycles. The summed E-state index contributed by atoms with van der Waals surface area (Å²) in [5.41, 5.74) is -0.116. The summed E-state index contributed by atoms with van der Waals surface area (Å²) in [7, 11) is 1.63. The van der Waals surface area contributed by atoms with Crippen molar-refractivity contribution in [3.63, 3.8) is 0 Å². The molecule has 3 N–H and O–H groups in total. The molecule has 2 bridgehead atoms. The normalized spacial score (nSPS) is 36.7. The lowest BCUT2D eigenvalue weighted by atomic mass is 9.43. The Hall–Kier alpha value is -1.26. The molecular weight excluding hydrogens is 266 g/mol. The van der Waals surface area contributed by atoms with Gasteiger partial charge in [0.05, 0.1) is 18.9 Å². The van der Waals surface area contributed by atoms with Gasteiger partial charge in [-0.05, 0) is 42.2 Å². The van der Waals surface area contributed by atoms with Crippen molar-refractivity contribution in [2.24, 2.45) is 17.3 Å². The van der Waals surface area contributed by atoms with Crippen LogP contribution >= 0.6 is 0 Å². The second-order valence-corrected chi connectivity index (χ2v) is 7.10. The molecule has 0 saturated heterocycles. The van der Waals surface area contributed by atoms with Crippen LogP contribution in [-0.4, -0.2) is 35.6 Å². The highest BCUT2D eigenvalue weighted by Gasteiger charge is 2.64. The SMILES string of the molecule is COc1ccccc1NC[C@@]1(O)[C@H](O)C[C@@H]2C[C@H]1C2(C)C. The summed E-state index contributed by atoms with van der Waals surface area (Å²) >= 11 is 0. The van der Waals surface area contributed by atoms with Gasteiger partial charge in [0, 0.05) is 6.54 Å². The zero-order chi connectivity index (χ0) is 15.3. The molecule has 4 nitrogen and oxygen atoms in total. The molecule has 0 amide bonds. The number of para-hydroxylation sites is 2. The number of nitrogens with one attached hydrogen (secondary N) is 1. The third-order valence-electron chi connectivity index (χ3n) is 5.83. The number of methoxy groups -OCH3 is 1. The van der Waals surface area contributed by atoms with E-state index in [4.69, 9.17) is 4.74 Å². The van der Waals surface area contributed by atoms with Crippen LogP contribution in [-0.2, 0) is 0 Å².